The molecule has 0 bridgehead atoms. The molecule has 0 aliphatic heterocycles. The van der Waals surface area contributed by atoms with Gasteiger partial charge in [0, 0.05) is 18.4 Å². The summed E-state index contributed by atoms with van der Waals surface area (Å²) in [5.41, 5.74) is 2.46. The second kappa shape index (κ2) is 8.36. The van der Waals surface area contributed by atoms with Crippen molar-refractivity contribution in [3.63, 3.8) is 0 Å². The molecule has 0 aromatic heterocycles. The van der Waals surface area contributed by atoms with Crippen molar-refractivity contribution < 1.29 is 14.7 Å². The Balaban J connectivity index is 1.81. The number of benzene rings is 4. The standard InChI is InChI=1S/C25H23NO3S/c1-15-18-8-5-6-10-20(18)22(13-30-14-23(25(28)29)26-16(2)27)21-12-11-17-7-3-4-9-19(17)24(15)21/h3-12,23H,13-14H2,1-2H3,(H,26,27)(H,28,29). The minimum absolute atomic E-state index is 0.312. The first-order chi connectivity index (χ1) is 14.5. The zero-order valence-corrected chi connectivity index (χ0v) is 17.8. The molecular weight excluding hydrogens is 394 g/mol. The predicted molar refractivity (Wildman–Crippen MR) is 125 cm³/mol. The second-order valence-electron chi connectivity index (χ2n) is 7.46. The third kappa shape index (κ3) is 3.73. The molecule has 0 radical (unpaired) electrons. The number of amides is 1. The van der Waals surface area contributed by atoms with E-state index in [-0.39, 0.29) is 5.91 Å². The maximum absolute atomic E-state index is 11.5. The van der Waals surface area contributed by atoms with Crippen LogP contribution in [-0.2, 0) is 15.3 Å². The summed E-state index contributed by atoms with van der Waals surface area (Å²) >= 11 is 1.53. The third-order valence-corrected chi connectivity index (χ3v) is 6.55. The summed E-state index contributed by atoms with van der Waals surface area (Å²) in [5.74, 6) is -0.367. The average molecular weight is 418 g/mol. The zero-order valence-electron chi connectivity index (χ0n) is 16.9. The molecule has 0 heterocycles. The molecular formula is C25H23NO3S. The molecule has 152 valence electrons. The van der Waals surface area contributed by atoms with Crippen molar-refractivity contribution in [3.8, 4) is 0 Å². The van der Waals surface area contributed by atoms with Gasteiger partial charge in [-0.2, -0.15) is 11.8 Å². The van der Waals surface area contributed by atoms with E-state index in [0.29, 0.717) is 11.5 Å². The van der Waals surface area contributed by atoms with Crippen LogP contribution in [0.15, 0.2) is 60.7 Å². The van der Waals surface area contributed by atoms with Crippen molar-refractivity contribution in [3.05, 3.63) is 71.8 Å². The van der Waals surface area contributed by atoms with Gasteiger partial charge in [0.15, 0.2) is 0 Å². The number of thioether (sulfide) groups is 1. The Morgan fingerprint density at radius 1 is 0.933 bits per heavy atom. The Hall–Kier alpha value is -3.05. The van der Waals surface area contributed by atoms with Crippen LogP contribution in [0.3, 0.4) is 0 Å². The lowest BCUT2D eigenvalue weighted by atomic mass is 9.90. The highest BCUT2D eigenvalue weighted by atomic mass is 32.2. The van der Waals surface area contributed by atoms with Crippen molar-refractivity contribution in [1.29, 1.82) is 0 Å². The number of carbonyl (C=O) groups is 2. The number of carboxylic acid groups (broad SMARTS) is 1. The van der Waals surface area contributed by atoms with Gasteiger partial charge in [-0.15, -0.1) is 0 Å². The fourth-order valence-corrected chi connectivity index (χ4v) is 5.23. The number of hydrogen-bond donors (Lipinski definition) is 2. The summed E-state index contributed by atoms with van der Waals surface area (Å²) in [7, 11) is 0. The quantitative estimate of drug-likeness (QED) is 0.331. The SMILES string of the molecule is CC(=O)NC(CSCc1c2ccccc2c(C)c2c1ccc1ccccc12)C(=O)O. The molecule has 0 saturated heterocycles. The first-order valence-electron chi connectivity index (χ1n) is 9.86. The summed E-state index contributed by atoms with van der Waals surface area (Å²) in [6.07, 6.45) is 0. The van der Waals surface area contributed by atoms with Crippen molar-refractivity contribution in [2.24, 2.45) is 0 Å². The molecule has 0 fully saturated rings. The van der Waals surface area contributed by atoms with E-state index in [1.54, 1.807) is 0 Å². The monoisotopic (exact) mass is 417 g/mol. The lowest BCUT2D eigenvalue weighted by Crippen LogP contribution is -2.41. The number of rotatable bonds is 6. The van der Waals surface area contributed by atoms with Crippen LogP contribution in [0.2, 0.25) is 0 Å². The van der Waals surface area contributed by atoms with E-state index >= 15 is 0 Å². The topological polar surface area (TPSA) is 66.4 Å². The maximum atomic E-state index is 11.5. The lowest BCUT2D eigenvalue weighted by molar-refractivity contribution is -0.140. The summed E-state index contributed by atoms with van der Waals surface area (Å²) in [5, 5.41) is 19.2. The van der Waals surface area contributed by atoms with Gasteiger partial charge in [-0.1, -0.05) is 60.7 Å². The Kier molecular flexibility index (Phi) is 5.64. The molecule has 4 rings (SSSR count). The predicted octanol–water partition coefficient (Wildman–Crippen LogP) is 5.28. The number of aryl methyl sites for hydroxylation is 1. The molecule has 30 heavy (non-hydrogen) atoms. The molecule has 0 saturated carbocycles. The highest BCUT2D eigenvalue weighted by Gasteiger charge is 2.19. The van der Waals surface area contributed by atoms with Crippen molar-refractivity contribution in [2.45, 2.75) is 25.6 Å². The van der Waals surface area contributed by atoms with Crippen LogP contribution in [0, 0.1) is 6.92 Å². The molecule has 0 aliphatic carbocycles. The fourth-order valence-electron chi connectivity index (χ4n) is 4.13. The van der Waals surface area contributed by atoms with E-state index in [4.69, 9.17) is 0 Å². The Bertz CT molecular complexity index is 1280. The van der Waals surface area contributed by atoms with Gasteiger partial charge < -0.3 is 10.4 Å². The van der Waals surface area contributed by atoms with E-state index in [2.05, 4.69) is 66.8 Å². The molecule has 0 aliphatic rings. The number of aliphatic carboxylic acids is 1. The smallest absolute Gasteiger partial charge is 0.327 e. The van der Waals surface area contributed by atoms with Crippen molar-refractivity contribution in [1.82, 2.24) is 5.32 Å². The van der Waals surface area contributed by atoms with Crippen LogP contribution < -0.4 is 5.32 Å². The van der Waals surface area contributed by atoms with Gasteiger partial charge in [0.2, 0.25) is 5.91 Å². The summed E-state index contributed by atoms with van der Waals surface area (Å²) in [4.78, 5) is 22.8. The molecule has 4 aromatic rings. The van der Waals surface area contributed by atoms with Gasteiger partial charge in [0.05, 0.1) is 0 Å². The minimum Gasteiger partial charge on any atom is -0.480 e. The second-order valence-corrected chi connectivity index (χ2v) is 8.50. The Morgan fingerprint density at radius 2 is 1.60 bits per heavy atom. The third-order valence-electron chi connectivity index (χ3n) is 5.49. The van der Waals surface area contributed by atoms with Crippen LogP contribution in [0.5, 0.6) is 0 Å². The number of carboxylic acids is 1. The zero-order chi connectivity index (χ0) is 21.3. The van der Waals surface area contributed by atoms with Crippen LogP contribution in [0.4, 0.5) is 0 Å². The molecule has 0 spiro atoms. The molecule has 1 atom stereocenters. The number of carbonyl (C=O) groups excluding carboxylic acids is 1. The Labute approximate surface area is 179 Å². The van der Waals surface area contributed by atoms with Gasteiger partial charge in [-0.05, 0) is 50.4 Å². The minimum atomic E-state index is -1.01. The van der Waals surface area contributed by atoms with E-state index in [9.17, 15) is 14.7 Å². The van der Waals surface area contributed by atoms with Gasteiger partial charge in [-0.25, -0.2) is 4.79 Å². The van der Waals surface area contributed by atoms with E-state index in [1.165, 1.54) is 62.1 Å². The van der Waals surface area contributed by atoms with Gasteiger partial charge >= 0.3 is 5.97 Å². The number of nitrogens with one attached hydrogen (secondary N) is 1. The van der Waals surface area contributed by atoms with Crippen LogP contribution >= 0.6 is 11.8 Å². The Morgan fingerprint density at radius 3 is 2.30 bits per heavy atom. The van der Waals surface area contributed by atoms with Crippen LogP contribution in [0.1, 0.15) is 18.1 Å². The van der Waals surface area contributed by atoms with Crippen molar-refractivity contribution in [2.75, 3.05) is 5.75 Å². The fraction of sp³-hybridized carbons (Fsp3) is 0.200. The van der Waals surface area contributed by atoms with E-state index in [0.717, 1.165) is 0 Å². The first-order valence-corrected chi connectivity index (χ1v) is 11.0. The van der Waals surface area contributed by atoms with Gasteiger partial charge in [0.25, 0.3) is 0 Å². The molecule has 2 N–H and O–H groups in total. The summed E-state index contributed by atoms with van der Waals surface area (Å²) in [6, 6.07) is 20.2. The first kappa shape index (κ1) is 20.2. The van der Waals surface area contributed by atoms with E-state index < -0.39 is 12.0 Å². The molecule has 4 aromatic carbocycles. The molecule has 4 nitrogen and oxygen atoms in total. The molecule has 5 heteroatoms. The summed E-state index contributed by atoms with van der Waals surface area (Å²) < 4.78 is 0. The van der Waals surface area contributed by atoms with E-state index in [1.807, 2.05) is 6.07 Å². The highest BCUT2D eigenvalue weighted by Crippen LogP contribution is 2.38. The van der Waals surface area contributed by atoms with Crippen LogP contribution in [0.25, 0.3) is 32.3 Å². The van der Waals surface area contributed by atoms with Crippen LogP contribution in [-0.4, -0.2) is 28.8 Å². The largest absolute Gasteiger partial charge is 0.480 e. The number of hydrogen-bond acceptors (Lipinski definition) is 3. The van der Waals surface area contributed by atoms with Gasteiger partial charge in [-0.3, -0.25) is 4.79 Å². The highest BCUT2D eigenvalue weighted by molar-refractivity contribution is 7.98. The van der Waals surface area contributed by atoms with Crippen molar-refractivity contribution >= 4 is 56.0 Å². The molecule has 1 amide bonds. The summed E-state index contributed by atoms with van der Waals surface area (Å²) in [6.45, 7) is 3.51. The number of fused-ring (bicyclic) bond motifs is 4. The maximum Gasteiger partial charge on any atom is 0.327 e. The lowest BCUT2D eigenvalue weighted by Gasteiger charge is -2.18. The molecule has 1 unspecified atom stereocenters. The normalized spacial score (nSPS) is 12.3. The van der Waals surface area contributed by atoms with Gasteiger partial charge in [0.1, 0.15) is 6.04 Å². The average Bonchev–Trinajstić information content (AvgIpc) is 2.74.